The van der Waals surface area contributed by atoms with Crippen LogP contribution in [-0.4, -0.2) is 14.5 Å². The zero-order valence-electron chi connectivity index (χ0n) is 13.3. The number of hydrogen-bond acceptors (Lipinski definition) is 6. The highest BCUT2D eigenvalue weighted by molar-refractivity contribution is 7.11. The molecule has 3 heterocycles. The molecule has 0 spiro atoms. The van der Waals surface area contributed by atoms with Gasteiger partial charge in [0.15, 0.2) is 10.8 Å². The summed E-state index contributed by atoms with van der Waals surface area (Å²) in [5, 5.41) is 6.42. The lowest BCUT2D eigenvalue weighted by Gasteiger charge is -2.10. The Bertz CT molecular complexity index is 1080. The zero-order chi connectivity index (χ0) is 17.2. The van der Waals surface area contributed by atoms with Crippen LogP contribution < -0.4 is 15.6 Å². The Balaban J connectivity index is 1.73. The molecule has 0 fully saturated rings. The highest BCUT2D eigenvalue weighted by atomic mass is 32.1. The van der Waals surface area contributed by atoms with Crippen molar-refractivity contribution in [1.29, 1.82) is 0 Å². The number of rotatable bonds is 4. The van der Waals surface area contributed by atoms with Crippen LogP contribution in [0, 0.1) is 0 Å². The van der Waals surface area contributed by atoms with Gasteiger partial charge in [0.1, 0.15) is 5.65 Å². The minimum Gasteiger partial charge on any atom is -0.441 e. The fourth-order valence-corrected chi connectivity index (χ4v) is 3.02. The van der Waals surface area contributed by atoms with E-state index in [-0.39, 0.29) is 11.3 Å². The Kier molecular flexibility index (Phi) is 3.91. The molecule has 0 bridgehead atoms. The monoisotopic (exact) mass is 350 g/mol. The number of nitrogens with zero attached hydrogens (tertiary/aromatic N) is 3. The SMILES string of the molecule is Cn1c(=O)c(Oc2cccs2)cc2cnc(Nc3ccccc3)nc21. The number of benzene rings is 1. The van der Waals surface area contributed by atoms with Gasteiger partial charge in [0.25, 0.3) is 5.56 Å². The molecular formula is C18H14N4O2S. The van der Waals surface area contributed by atoms with E-state index in [1.807, 2.05) is 47.8 Å². The van der Waals surface area contributed by atoms with Crippen molar-refractivity contribution in [2.45, 2.75) is 0 Å². The largest absolute Gasteiger partial charge is 0.441 e. The fraction of sp³-hybridized carbons (Fsp3) is 0.0556. The number of hydrogen-bond donors (Lipinski definition) is 1. The summed E-state index contributed by atoms with van der Waals surface area (Å²) in [5.41, 5.74) is 1.17. The van der Waals surface area contributed by atoms with Crippen molar-refractivity contribution in [2.24, 2.45) is 7.05 Å². The van der Waals surface area contributed by atoms with Crippen molar-refractivity contribution in [3.05, 3.63) is 70.5 Å². The molecule has 0 aliphatic carbocycles. The molecule has 3 aromatic heterocycles. The van der Waals surface area contributed by atoms with Gasteiger partial charge in [-0.2, -0.15) is 4.98 Å². The number of pyridine rings is 1. The molecular weight excluding hydrogens is 336 g/mol. The predicted octanol–water partition coefficient (Wildman–Crippen LogP) is 3.93. The van der Waals surface area contributed by atoms with E-state index < -0.39 is 0 Å². The van der Waals surface area contributed by atoms with E-state index >= 15 is 0 Å². The van der Waals surface area contributed by atoms with E-state index in [0.29, 0.717) is 16.7 Å². The van der Waals surface area contributed by atoms with Gasteiger partial charge >= 0.3 is 0 Å². The molecule has 1 aromatic carbocycles. The highest BCUT2D eigenvalue weighted by Gasteiger charge is 2.12. The van der Waals surface area contributed by atoms with Crippen molar-refractivity contribution in [3.8, 4) is 10.8 Å². The lowest BCUT2D eigenvalue weighted by Crippen LogP contribution is -2.19. The Hall–Kier alpha value is -3.19. The van der Waals surface area contributed by atoms with Gasteiger partial charge in [-0.3, -0.25) is 9.36 Å². The third kappa shape index (κ3) is 3.09. The van der Waals surface area contributed by atoms with Gasteiger partial charge < -0.3 is 10.1 Å². The van der Waals surface area contributed by atoms with Crippen LogP contribution in [0.3, 0.4) is 0 Å². The second-order valence-electron chi connectivity index (χ2n) is 5.37. The van der Waals surface area contributed by atoms with Crippen LogP contribution in [0.4, 0.5) is 11.6 Å². The number of para-hydroxylation sites is 1. The Morgan fingerprint density at radius 2 is 2.00 bits per heavy atom. The minimum absolute atomic E-state index is 0.245. The second kappa shape index (κ2) is 6.37. The number of fused-ring (bicyclic) bond motifs is 1. The quantitative estimate of drug-likeness (QED) is 0.604. The van der Waals surface area contributed by atoms with Gasteiger partial charge in [0.2, 0.25) is 5.95 Å². The maximum absolute atomic E-state index is 12.5. The molecule has 4 rings (SSSR count). The molecule has 25 heavy (non-hydrogen) atoms. The van der Waals surface area contributed by atoms with Crippen LogP contribution in [0.15, 0.2) is 64.9 Å². The average Bonchev–Trinajstić information content (AvgIpc) is 3.14. The number of thiophene rings is 1. The minimum atomic E-state index is -0.245. The molecule has 4 aromatic rings. The Morgan fingerprint density at radius 3 is 2.76 bits per heavy atom. The number of ether oxygens (including phenoxy) is 1. The molecule has 0 radical (unpaired) electrons. The maximum atomic E-state index is 12.5. The van der Waals surface area contributed by atoms with Gasteiger partial charge in [0.05, 0.1) is 0 Å². The number of nitrogens with one attached hydrogen (secondary N) is 1. The number of aromatic nitrogens is 3. The molecule has 0 saturated carbocycles. The van der Waals surface area contributed by atoms with E-state index in [0.717, 1.165) is 11.1 Å². The summed E-state index contributed by atoms with van der Waals surface area (Å²) in [6.07, 6.45) is 1.67. The van der Waals surface area contributed by atoms with E-state index in [2.05, 4.69) is 15.3 Å². The first-order chi connectivity index (χ1) is 12.2. The van der Waals surface area contributed by atoms with Crippen LogP contribution in [0.1, 0.15) is 0 Å². The summed E-state index contributed by atoms with van der Waals surface area (Å²) in [5.74, 6) is 0.686. The standard InChI is InChI=1S/C18H14N4O2S/c1-22-16-12(10-14(17(22)23)24-15-8-5-9-25-15)11-19-18(21-16)20-13-6-3-2-4-7-13/h2-11H,1H3,(H,19,20,21). The average molecular weight is 350 g/mol. The molecule has 0 aliphatic rings. The fourth-order valence-electron chi connectivity index (χ4n) is 2.43. The molecule has 0 amide bonds. The molecule has 0 atom stereocenters. The zero-order valence-corrected chi connectivity index (χ0v) is 14.2. The summed E-state index contributed by atoms with van der Waals surface area (Å²) in [7, 11) is 1.67. The third-order valence-electron chi connectivity index (χ3n) is 3.65. The lowest BCUT2D eigenvalue weighted by atomic mass is 10.3. The van der Waals surface area contributed by atoms with Gasteiger partial charge in [-0.15, -0.1) is 11.3 Å². The number of anilines is 2. The van der Waals surface area contributed by atoms with Gasteiger partial charge in [-0.05, 0) is 35.7 Å². The van der Waals surface area contributed by atoms with Crippen LogP contribution in [0.2, 0.25) is 0 Å². The molecule has 0 aliphatic heterocycles. The summed E-state index contributed by atoms with van der Waals surface area (Å²) in [4.78, 5) is 21.3. The number of aryl methyl sites for hydroxylation is 1. The summed E-state index contributed by atoms with van der Waals surface area (Å²) in [6, 6.07) is 15.0. The van der Waals surface area contributed by atoms with Crippen LogP contribution in [-0.2, 0) is 7.05 Å². The Labute approximate surface area is 147 Å². The van der Waals surface area contributed by atoms with E-state index in [1.54, 1.807) is 19.3 Å². The first kappa shape index (κ1) is 15.3. The normalized spacial score (nSPS) is 10.8. The molecule has 0 saturated heterocycles. The van der Waals surface area contributed by atoms with Crippen LogP contribution >= 0.6 is 11.3 Å². The molecule has 1 N–H and O–H groups in total. The maximum Gasteiger partial charge on any atom is 0.294 e. The van der Waals surface area contributed by atoms with Gasteiger partial charge in [-0.1, -0.05) is 18.2 Å². The Morgan fingerprint density at radius 1 is 1.16 bits per heavy atom. The first-order valence-electron chi connectivity index (χ1n) is 7.61. The molecule has 7 heteroatoms. The van der Waals surface area contributed by atoms with E-state index in [4.69, 9.17) is 4.74 Å². The van der Waals surface area contributed by atoms with E-state index in [9.17, 15) is 4.79 Å². The highest BCUT2D eigenvalue weighted by Crippen LogP contribution is 2.25. The smallest absolute Gasteiger partial charge is 0.294 e. The lowest BCUT2D eigenvalue weighted by molar-refractivity contribution is 0.485. The van der Waals surface area contributed by atoms with Crippen LogP contribution in [0.25, 0.3) is 11.0 Å². The summed E-state index contributed by atoms with van der Waals surface area (Å²) >= 11 is 1.43. The topological polar surface area (TPSA) is 69.0 Å². The van der Waals surface area contributed by atoms with E-state index in [1.165, 1.54) is 15.9 Å². The first-order valence-corrected chi connectivity index (χ1v) is 8.49. The predicted molar refractivity (Wildman–Crippen MR) is 98.9 cm³/mol. The second-order valence-corrected chi connectivity index (χ2v) is 6.28. The molecule has 124 valence electrons. The van der Waals surface area contributed by atoms with Crippen LogP contribution in [0.5, 0.6) is 10.8 Å². The summed E-state index contributed by atoms with van der Waals surface area (Å²) in [6.45, 7) is 0. The van der Waals surface area contributed by atoms with Crippen molar-refractivity contribution in [1.82, 2.24) is 14.5 Å². The molecule has 6 nitrogen and oxygen atoms in total. The van der Waals surface area contributed by atoms with Crippen molar-refractivity contribution < 1.29 is 4.74 Å². The van der Waals surface area contributed by atoms with Gasteiger partial charge in [-0.25, -0.2) is 4.98 Å². The van der Waals surface area contributed by atoms with Crippen molar-refractivity contribution >= 4 is 34.0 Å². The molecule has 0 unspecified atom stereocenters. The summed E-state index contributed by atoms with van der Waals surface area (Å²) < 4.78 is 7.15. The third-order valence-corrected chi connectivity index (χ3v) is 4.40. The van der Waals surface area contributed by atoms with Gasteiger partial charge in [0, 0.05) is 24.3 Å². The van der Waals surface area contributed by atoms with Crippen molar-refractivity contribution in [2.75, 3.05) is 5.32 Å². The van der Waals surface area contributed by atoms with Crippen molar-refractivity contribution in [3.63, 3.8) is 0 Å².